The maximum Gasteiger partial charge on any atom is 0.243 e. The van der Waals surface area contributed by atoms with Gasteiger partial charge in [-0.3, -0.25) is 4.79 Å². The fourth-order valence-corrected chi connectivity index (χ4v) is 7.16. The Bertz CT molecular complexity index is 1110. The fraction of sp³-hybridized carbons (Fsp3) is 0.458. The van der Waals surface area contributed by atoms with Crippen LogP contribution in [-0.4, -0.2) is 62.1 Å². The molecule has 1 saturated heterocycles. The number of fused-ring (bicyclic) bond motifs is 1. The van der Waals surface area contributed by atoms with Gasteiger partial charge in [0.15, 0.2) is 0 Å². The van der Waals surface area contributed by atoms with Gasteiger partial charge in [0, 0.05) is 34.7 Å². The van der Waals surface area contributed by atoms with Gasteiger partial charge in [-0.15, -0.1) is 11.8 Å². The molecule has 0 unspecified atom stereocenters. The number of anilines is 1. The van der Waals surface area contributed by atoms with E-state index >= 15 is 0 Å². The lowest BCUT2D eigenvalue weighted by Gasteiger charge is -2.36. The van der Waals surface area contributed by atoms with E-state index in [1.165, 1.54) is 0 Å². The number of hydrogen-bond acceptors (Lipinski definition) is 6. The topological polar surface area (TPSA) is 79.0 Å². The second-order valence-corrected chi connectivity index (χ2v) is 12.1. The van der Waals surface area contributed by atoms with Crippen LogP contribution in [0.2, 0.25) is 0 Å². The highest BCUT2D eigenvalue weighted by atomic mass is 32.2. The molecule has 7 nitrogen and oxygen atoms in total. The van der Waals surface area contributed by atoms with Gasteiger partial charge in [-0.2, -0.15) is 4.31 Å². The smallest absolute Gasteiger partial charge is 0.243 e. The lowest BCUT2D eigenvalue weighted by molar-refractivity contribution is -0.116. The van der Waals surface area contributed by atoms with Gasteiger partial charge in [-0.05, 0) is 57.2 Å². The Morgan fingerprint density at radius 2 is 1.91 bits per heavy atom. The quantitative estimate of drug-likeness (QED) is 0.665. The minimum atomic E-state index is -3.82. The number of amides is 1. The lowest BCUT2D eigenvalue weighted by atomic mass is 10.0. The summed E-state index contributed by atoms with van der Waals surface area (Å²) in [5.41, 5.74) is 1.39. The molecule has 1 fully saturated rings. The number of carbonyl (C=O) groups is 1. The molecule has 0 spiro atoms. The van der Waals surface area contributed by atoms with E-state index < -0.39 is 10.0 Å². The summed E-state index contributed by atoms with van der Waals surface area (Å²) >= 11 is 1.59. The average Bonchev–Trinajstić information content (AvgIpc) is 2.93. The number of nitrogens with zero attached hydrogens (tertiary/aromatic N) is 2. The van der Waals surface area contributed by atoms with E-state index in [0.717, 1.165) is 36.4 Å². The fourth-order valence-electron chi connectivity index (χ4n) is 4.42. The van der Waals surface area contributed by atoms with E-state index in [0.29, 0.717) is 17.9 Å². The van der Waals surface area contributed by atoms with Crippen molar-refractivity contribution < 1.29 is 17.9 Å². The molecule has 1 N–H and O–H groups in total. The Labute approximate surface area is 200 Å². The number of carbonyl (C=O) groups excluding carboxylic acids is 1. The molecule has 0 saturated carbocycles. The zero-order chi connectivity index (χ0) is 23.6. The number of benzene rings is 2. The molecular formula is C24H31N3O4S2. The summed E-state index contributed by atoms with van der Waals surface area (Å²) in [5, 5.41) is 3.02. The van der Waals surface area contributed by atoms with Crippen LogP contribution in [0.3, 0.4) is 0 Å². The van der Waals surface area contributed by atoms with Gasteiger partial charge in [0.1, 0.15) is 5.75 Å². The summed E-state index contributed by atoms with van der Waals surface area (Å²) in [4.78, 5) is 15.6. The molecule has 4 rings (SSSR count). The minimum absolute atomic E-state index is 0.0931. The van der Waals surface area contributed by atoms with Crippen LogP contribution in [0.4, 0.5) is 5.69 Å². The first kappa shape index (κ1) is 24.1. The molecule has 0 aromatic heterocycles. The van der Waals surface area contributed by atoms with Crippen molar-refractivity contribution in [1.29, 1.82) is 0 Å². The summed E-state index contributed by atoms with van der Waals surface area (Å²) in [7, 11) is -0.162. The molecule has 1 amide bonds. The molecule has 0 aliphatic carbocycles. The van der Waals surface area contributed by atoms with E-state index in [9.17, 15) is 13.2 Å². The van der Waals surface area contributed by atoms with Gasteiger partial charge in [0.25, 0.3) is 0 Å². The van der Waals surface area contributed by atoms with Crippen molar-refractivity contribution in [2.75, 3.05) is 32.6 Å². The largest absolute Gasteiger partial charge is 0.496 e. The second-order valence-electron chi connectivity index (χ2n) is 8.74. The van der Waals surface area contributed by atoms with Crippen LogP contribution >= 0.6 is 11.8 Å². The predicted molar refractivity (Wildman–Crippen MR) is 131 cm³/mol. The lowest BCUT2D eigenvalue weighted by Crippen LogP contribution is -2.46. The van der Waals surface area contributed by atoms with Crippen molar-refractivity contribution in [1.82, 2.24) is 9.21 Å². The van der Waals surface area contributed by atoms with Gasteiger partial charge >= 0.3 is 0 Å². The Balaban J connectivity index is 1.72. The summed E-state index contributed by atoms with van der Waals surface area (Å²) in [6.07, 6.45) is 1.93. The molecule has 2 aromatic carbocycles. The molecular weight excluding hydrogens is 458 g/mol. The van der Waals surface area contributed by atoms with E-state index in [2.05, 4.69) is 17.3 Å². The molecule has 0 bridgehead atoms. The third-order valence-corrected chi connectivity index (χ3v) is 9.32. The number of nitrogens with one attached hydrogen (secondary N) is 1. The number of likely N-dealkylation sites (tertiary alicyclic amines) is 1. The molecule has 0 radical (unpaired) electrons. The third-order valence-electron chi connectivity index (χ3n) is 6.25. The van der Waals surface area contributed by atoms with E-state index in [-0.39, 0.29) is 28.6 Å². The van der Waals surface area contributed by atoms with Crippen molar-refractivity contribution in [2.45, 2.75) is 53.8 Å². The molecule has 2 aliphatic heterocycles. The first-order valence-corrected chi connectivity index (χ1v) is 13.5. The Morgan fingerprint density at radius 3 is 2.64 bits per heavy atom. The maximum absolute atomic E-state index is 14.0. The highest BCUT2D eigenvalue weighted by molar-refractivity contribution is 8.00. The number of para-hydroxylation sites is 1. The average molecular weight is 490 g/mol. The molecule has 2 heterocycles. The monoisotopic (exact) mass is 489 g/mol. The van der Waals surface area contributed by atoms with Crippen LogP contribution in [0.1, 0.15) is 31.7 Å². The number of rotatable bonds is 6. The van der Waals surface area contributed by atoms with Crippen LogP contribution in [0.15, 0.2) is 52.3 Å². The van der Waals surface area contributed by atoms with E-state index in [1.54, 1.807) is 35.3 Å². The Morgan fingerprint density at radius 1 is 1.18 bits per heavy atom. The maximum atomic E-state index is 14.0. The second kappa shape index (κ2) is 10.0. The van der Waals surface area contributed by atoms with Gasteiger partial charge < -0.3 is 15.0 Å². The number of ether oxygens (including phenoxy) is 1. The third kappa shape index (κ3) is 5.37. The van der Waals surface area contributed by atoms with E-state index in [4.69, 9.17) is 4.74 Å². The van der Waals surface area contributed by atoms with Crippen LogP contribution < -0.4 is 10.1 Å². The first-order chi connectivity index (χ1) is 15.8. The van der Waals surface area contributed by atoms with Gasteiger partial charge in [-0.1, -0.05) is 25.1 Å². The number of methoxy groups -OCH3 is 1. The van der Waals surface area contributed by atoms with Crippen molar-refractivity contribution in [2.24, 2.45) is 0 Å². The summed E-state index contributed by atoms with van der Waals surface area (Å²) in [6, 6.07) is 12.5. The number of thioether (sulfide) groups is 1. The van der Waals surface area contributed by atoms with Crippen LogP contribution in [-0.2, 0) is 21.4 Å². The SMILES string of the molecule is COc1ccccc1CN(C1CCN(C)CC1)S(=O)(=O)c1ccc2c(c1)NC(=O)C[C@H](C)S2. The Kier molecular flexibility index (Phi) is 7.33. The standard InChI is InChI=1S/C24H31N3O4S2/c1-17-14-24(28)25-21-15-20(8-9-23(21)32-17)33(29,30)27(19-10-12-26(2)13-11-19)16-18-6-4-5-7-22(18)31-3/h4-9,15,17,19H,10-14,16H2,1-3H3,(H,25,28)/t17-/m0/s1. The zero-order valence-corrected chi connectivity index (χ0v) is 20.9. The summed E-state index contributed by atoms with van der Waals surface area (Å²) < 4.78 is 35.1. The summed E-state index contributed by atoms with van der Waals surface area (Å²) in [6.45, 7) is 3.92. The van der Waals surface area contributed by atoms with Crippen LogP contribution in [0.25, 0.3) is 0 Å². The van der Waals surface area contributed by atoms with Crippen LogP contribution in [0, 0.1) is 0 Å². The summed E-state index contributed by atoms with van der Waals surface area (Å²) in [5.74, 6) is 0.578. The highest BCUT2D eigenvalue weighted by Crippen LogP contribution is 2.37. The highest BCUT2D eigenvalue weighted by Gasteiger charge is 2.34. The molecule has 2 aromatic rings. The van der Waals surface area contributed by atoms with Crippen LogP contribution in [0.5, 0.6) is 5.75 Å². The molecule has 9 heteroatoms. The van der Waals surface area contributed by atoms with Gasteiger partial charge in [0.05, 0.1) is 17.7 Å². The van der Waals surface area contributed by atoms with Crippen molar-refractivity contribution in [3.05, 3.63) is 48.0 Å². The van der Waals surface area contributed by atoms with Gasteiger partial charge in [-0.25, -0.2) is 8.42 Å². The van der Waals surface area contributed by atoms with Crippen molar-refractivity contribution in [3.8, 4) is 5.75 Å². The zero-order valence-electron chi connectivity index (χ0n) is 19.3. The Hall–Kier alpha value is -2.07. The number of sulfonamides is 1. The predicted octanol–water partition coefficient (Wildman–Crippen LogP) is 3.80. The minimum Gasteiger partial charge on any atom is -0.496 e. The molecule has 2 aliphatic rings. The molecule has 33 heavy (non-hydrogen) atoms. The van der Waals surface area contributed by atoms with Gasteiger partial charge in [0.2, 0.25) is 15.9 Å². The number of hydrogen-bond donors (Lipinski definition) is 1. The first-order valence-electron chi connectivity index (χ1n) is 11.2. The van der Waals surface area contributed by atoms with Crippen molar-refractivity contribution >= 4 is 33.4 Å². The number of piperidine rings is 1. The molecule has 1 atom stereocenters. The van der Waals surface area contributed by atoms with E-state index in [1.807, 2.05) is 37.3 Å². The van der Waals surface area contributed by atoms with Crippen molar-refractivity contribution in [3.63, 3.8) is 0 Å². The normalized spacial score (nSPS) is 20.2. The molecule has 178 valence electrons.